The minimum atomic E-state index is -0.158. The quantitative estimate of drug-likeness (QED) is 0.616. The molecule has 4 nitrogen and oxygen atoms in total. The Morgan fingerprint density at radius 2 is 1.93 bits per heavy atom. The molecule has 0 saturated heterocycles. The molecule has 0 amide bonds. The molecule has 0 aliphatic heterocycles. The minimum Gasteiger partial charge on any atom is -0.393 e. The van der Waals surface area contributed by atoms with Gasteiger partial charge in [-0.2, -0.15) is 0 Å². The molecule has 1 aliphatic carbocycles. The molecule has 2 atom stereocenters. The van der Waals surface area contributed by atoms with E-state index >= 15 is 0 Å². The number of hydrogen-bond donors (Lipinski definition) is 1. The van der Waals surface area contributed by atoms with E-state index in [0.717, 1.165) is 19.3 Å². The van der Waals surface area contributed by atoms with Crippen molar-refractivity contribution in [2.75, 3.05) is 33.5 Å². The third-order valence-electron chi connectivity index (χ3n) is 2.37. The summed E-state index contributed by atoms with van der Waals surface area (Å²) in [6.45, 7) is 2.46. The van der Waals surface area contributed by atoms with Crippen LogP contribution in [0.2, 0.25) is 0 Å². The van der Waals surface area contributed by atoms with Crippen LogP contribution in [0.3, 0.4) is 0 Å². The first-order valence-corrected chi connectivity index (χ1v) is 5.19. The molecule has 0 spiro atoms. The van der Waals surface area contributed by atoms with Crippen molar-refractivity contribution in [1.82, 2.24) is 0 Å². The SMILES string of the molecule is COCCOCCOC1CCC(O)C1. The van der Waals surface area contributed by atoms with Gasteiger partial charge in [-0.15, -0.1) is 0 Å². The van der Waals surface area contributed by atoms with Gasteiger partial charge in [-0.3, -0.25) is 0 Å². The Hall–Kier alpha value is -0.160. The number of rotatable bonds is 7. The number of methoxy groups -OCH3 is 1. The van der Waals surface area contributed by atoms with E-state index in [2.05, 4.69) is 0 Å². The van der Waals surface area contributed by atoms with Gasteiger partial charge in [0, 0.05) is 7.11 Å². The summed E-state index contributed by atoms with van der Waals surface area (Å²) in [5.74, 6) is 0. The van der Waals surface area contributed by atoms with Crippen LogP contribution in [0.5, 0.6) is 0 Å². The Labute approximate surface area is 85.2 Å². The second-order valence-electron chi connectivity index (χ2n) is 3.56. The summed E-state index contributed by atoms with van der Waals surface area (Å²) >= 11 is 0. The van der Waals surface area contributed by atoms with Crippen molar-refractivity contribution >= 4 is 0 Å². The first kappa shape index (κ1) is 11.9. The fraction of sp³-hybridized carbons (Fsp3) is 1.00. The summed E-state index contributed by atoms with van der Waals surface area (Å²) in [5, 5.41) is 9.24. The molecule has 0 heterocycles. The lowest BCUT2D eigenvalue weighted by atomic mass is 10.3. The van der Waals surface area contributed by atoms with E-state index in [9.17, 15) is 5.11 Å². The van der Waals surface area contributed by atoms with Gasteiger partial charge in [0.05, 0.1) is 38.6 Å². The maximum Gasteiger partial charge on any atom is 0.0704 e. The molecular weight excluding hydrogens is 184 g/mol. The predicted molar refractivity (Wildman–Crippen MR) is 52.3 cm³/mol. The minimum absolute atomic E-state index is 0.158. The summed E-state index contributed by atoms with van der Waals surface area (Å²) in [5.41, 5.74) is 0. The molecular formula is C10H20O4. The number of ether oxygens (including phenoxy) is 3. The second kappa shape index (κ2) is 7.17. The Bertz CT molecular complexity index is 140. The molecule has 1 rings (SSSR count). The third kappa shape index (κ3) is 4.91. The number of aliphatic hydroxyl groups excluding tert-OH is 1. The van der Waals surface area contributed by atoms with Crippen LogP contribution in [0.4, 0.5) is 0 Å². The fourth-order valence-corrected chi connectivity index (χ4v) is 1.59. The summed E-state index contributed by atoms with van der Waals surface area (Å²) < 4.78 is 15.6. The number of hydrogen-bond acceptors (Lipinski definition) is 4. The standard InChI is InChI=1S/C10H20O4/c1-12-4-5-13-6-7-14-10-3-2-9(11)8-10/h9-11H,2-8H2,1H3. The topological polar surface area (TPSA) is 47.9 Å². The maximum absolute atomic E-state index is 9.24. The van der Waals surface area contributed by atoms with Gasteiger partial charge in [0.15, 0.2) is 0 Å². The van der Waals surface area contributed by atoms with Gasteiger partial charge < -0.3 is 19.3 Å². The molecule has 4 heteroatoms. The summed E-state index contributed by atoms with van der Waals surface area (Å²) in [7, 11) is 1.65. The Balaban J connectivity index is 1.84. The van der Waals surface area contributed by atoms with Crippen molar-refractivity contribution < 1.29 is 19.3 Å². The van der Waals surface area contributed by atoms with E-state index in [-0.39, 0.29) is 12.2 Å². The molecule has 0 aromatic heterocycles. The summed E-state index contributed by atoms with van der Waals surface area (Å²) in [4.78, 5) is 0. The van der Waals surface area contributed by atoms with Crippen LogP contribution in [0.15, 0.2) is 0 Å². The van der Waals surface area contributed by atoms with Crippen molar-refractivity contribution in [1.29, 1.82) is 0 Å². The zero-order chi connectivity index (χ0) is 10.2. The molecule has 0 radical (unpaired) electrons. The molecule has 1 N–H and O–H groups in total. The molecule has 0 bridgehead atoms. The Kier molecular flexibility index (Phi) is 6.10. The van der Waals surface area contributed by atoms with Crippen LogP contribution in [0.25, 0.3) is 0 Å². The van der Waals surface area contributed by atoms with Crippen molar-refractivity contribution in [3.63, 3.8) is 0 Å². The average Bonchev–Trinajstić information content (AvgIpc) is 2.58. The first-order valence-electron chi connectivity index (χ1n) is 5.19. The van der Waals surface area contributed by atoms with Crippen molar-refractivity contribution in [2.45, 2.75) is 31.5 Å². The predicted octanol–water partition coefficient (Wildman–Crippen LogP) is 0.579. The van der Waals surface area contributed by atoms with E-state index in [1.54, 1.807) is 7.11 Å². The molecule has 1 aliphatic rings. The smallest absolute Gasteiger partial charge is 0.0704 e. The van der Waals surface area contributed by atoms with Crippen LogP contribution in [0, 0.1) is 0 Å². The van der Waals surface area contributed by atoms with Crippen LogP contribution < -0.4 is 0 Å². The molecule has 0 aromatic rings. The van der Waals surface area contributed by atoms with E-state index in [0.29, 0.717) is 26.4 Å². The lowest BCUT2D eigenvalue weighted by molar-refractivity contribution is -0.00755. The van der Waals surface area contributed by atoms with E-state index in [1.165, 1.54) is 0 Å². The summed E-state index contributed by atoms with van der Waals surface area (Å²) in [6.07, 6.45) is 2.69. The maximum atomic E-state index is 9.24. The lowest BCUT2D eigenvalue weighted by Gasteiger charge is -2.11. The largest absolute Gasteiger partial charge is 0.393 e. The molecule has 0 aromatic carbocycles. The van der Waals surface area contributed by atoms with Gasteiger partial charge in [0.25, 0.3) is 0 Å². The number of aliphatic hydroxyl groups is 1. The highest BCUT2D eigenvalue weighted by Gasteiger charge is 2.22. The highest BCUT2D eigenvalue weighted by atomic mass is 16.5. The van der Waals surface area contributed by atoms with Crippen LogP contribution in [-0.4, -0.2) is 50.9 Å². The Morgan fingerprint density at radius 1 is 1.14 bits per heavy atom. The van der Waals surface area contributed by atoms with E-state index in [4.69, 9.17) is 14.2 Å². The highest BCUT2D eigenvalue weighted by Crippen LogP contribution is 2.21. The van der Waals surface area contributed by atoms with Gasteiger partial charge in [-0.1, -0.05) is 0 Å². The first-order chi connectivity index (χ1) is 6.83. The normalized spacial score (nSPS) is 27.0. The van der Waals surface area contributed by atoms with E-state index < -0.39 is 0 Å². The van der Waals surface area contributed by atoms with Crippen LogP contribution in [-0.2, 0) is 14.2 Å². The average molecular weight is 204 g/mol. The summed E-state index contributed by atoms with van der Waals surface area (Å²) in [6, 6.07) is 0. The van der Waals surface area contributed by atoms with Crippen molar-refractivity contribution in [3.05, 3.63) is 0 Å². The van der Waals surface area contributed by atoms with Crippen molar-refractivity contribution in [2.24, 2.45) is 0 Å². The highest BCUT2D eigenvalue weighted by molar-refractivity contribution is 4.74. The van der Waals surface area contributed by atoms with Crippen LogP contribution in [0.1, 0.15) is 19.3 Å². The van der Waals surface area contributed by atoms with Crippen molar-refractivity contribution in [3.8, 4) is 0 Å². The molecule has 1 fully saturated rings. The zero-order valence-electron chi connectivity index (χ0n) is 8.78. The fourth-order valence-electron chi connectivity index (χ4n) is 1.59. The third-order valence-corrected chi connectivity index (χ3v) is 2.37. The van der Waals surface area contributed by atoms with Gasteiger partial charge in [0.1, 0.15) is 0 Å². The van der Waals surface area contributed by atoms with Gasteiger partial charge in [-0.25, -0.2) is 0 Å². The zero-order valence-corrected chi connectivity index (χ0v) is 8.78. The molecule has 84 valence electrons. The Morgan fingerprint density at radius 3 is 2.57 bits per heavy atom. The molecule has 1 saturated carbocycles. The van der Waals surface area contributed by atoms with Crippen LogP contribution >= 0.6 is 0 Å². The van der Waals surface area contributed by atoms with Gasteiger partial charge in [0.2, 0.25) is 0 Å². The van der Waals surface area contributed by atoms with Gasteiger partial charge in [-0.05, 0) is 19.3 Å². The molecule has 14 heavy (non-hydrogen) atoms. The lowest BCUT2D eigenvalue weighted by Crippen LogP contribution is -2.15. The van der Waals surface area contributed by atoms with E-state index in [1.807, 2.05) is 0 Å². The monoisotopic (exact) mass is 204 g/mol. The molecule has 2 unspecified atom stereocenters. The van der Waals surface area contributed by atoms with Gasteiger partial charge >= 0.3 is 0 Å². The second-order valence-corrected chi connectivity index (χ2v) is 3.56.